The molecule has 1 fully saturated rings. The SMILES string of the molecule is COc1ccc(C[C@@H]2NC(=O)[C@H](CC3=CN=CC3)CC(=O)[C@H](CC(=O)O)NC(=O)[C@H](Cc3c[nH]c4cc(F)ccc34)CC(=O)[C@H](Cc3c[nH]c4ccc(F)cc34)NC(=O)[C@@H](C)NC(=O)[C@H](CCCCN)CC(=O)CCc3cn(nn3)-c3ccc(cc3)C[C@@H](C(N)=O)NC(=O)[C@]3(C)CCCN3C2=O)cc1. The number of nitrogens with zero attached hydrogens (tertiary/aromatic N) is 5. The van der Waals surface area contributed by atoms with Gasteiger partial charge in [-0.05, 0) is 147 Å². The Bertz CT molecular complexity index is 4430. The van der Waals surface area contributed by atoms with Gasteiger partial charge in [-0.25, -0.2) is 13.5 Å². The Balaban J connectivity index is 1.01. The van der Waals surface area contributed by atoms with Crippen LogP contribution in [0.25, 0.3) is 27.5 Å². The molecule has 27 nitrogen and oxygen atoms in total. The summed E-state index contributed by atoms with van der Waals surface area (Å²) in [5, 5.41) is 33.5. The second kappa shape index (κ2) is 34.2. The lowest BCUT2D eigenvalue weighted by atomic mass is 9.87. The lowest BCUT2D eigenvalue weighted by Crippen LogP contribution is -2.62. The van der Waals surface area contributed by atoms with E-state index in [2.05, 4.69) is 51.9 Å². The Morgan fingerprint density at radius 1 is 0.692 bits per heavy atom. The Labute approximate surface area is 597 Å². The molecule has 0 saturated carbocycles. The number of halogens is 2. The van der Waals surface area contributed by atoms with E-state index in [0.717, 1.165) is 0 Å². The number of ketones is 3. The number of ether oxygens (including phenoxy) is 1. The summed E-state index contributed by atoms with van der Waals surface area (Å²) in [4.78, 5) is 171. The van der Waals surface area contributed by atoms with E-state index >= 15 is 24.0 Å². The minimum atomic E-state index is -1.86. The Kier molecular flexibility index (Phi) is 24.9. The molecule has 7 aromatic rings. The van der Waals surface area contributed by atoms with Crippen molar-refractivity contribution in [1.82, 2.24) is 56.4 Å². The number of aliphatic carboxylic acids is 1. The molecule has 548 valence electrons. The van der Waals surface area contributed by atoms with Gasteiger partial charge < -0.3 is 62.8 Å². The van der Waals surface area contributed by atoms with E-state index in [4.69, 9.17) is 16.2 Å². The first kappa shape index (κ1) is 75.6. The van der Waals surface area contributed by atoms with E-state index in [1.807, 2.05) is 0 Å². The molecule has 0 aliphatic carbocycles. The number of methoxy groups -OCH3 is 1. The number of primary amides is 1. The lowest BCUT2D eigenvalue weighted by molar-refractivity contribution is -0.147. The largest absolute Gasteiger partial charge is 0.497 e. The Hall–Kier alpha value is -11.1. The van der Waals surface area contributed by atoms with Crippen LogP contribution in [-0.2, 0) is 84.8 Å². The van der Waals surface area contributed by atoms with Crippen LogP contribution in [0.5, 0.6) is 5.75 Å². The summed E-state index contributed by atoms with van der Waals surface area (Å²) in [6.07, 6.45) is 6.20. The number of H-pyrrole nitrogens is 2. The molecule has 29 heteroatoms. The van der Waals surface area contributed by atoms with Crippen molar-refractivity contribution in [2.45, 2.75) is 159 Å². The minimum Gasteiger partial charge on any atom is -0.497 e. The lowest BCUT2D eigenvalue weighted by Gasteiger charge is -2.37. The molecule has 4 aliphatic heterocycles. The van der Waals surface area contributed by atoms with Gasteiger partial charge >= 0.3 is 5.97 Å². The van der Waals surface area contributed by atoms with Crippen LogP contribution in [0.1, 0.15) is 119 Å². The molecule has 104 heavy (non-hydrogen) atoms. The molecular formula is C75H86F2N14O13. The number of hydrogen-bond donors (Lipinski definition) is 10. The van der Waals surface area contributed by atoms with Gasteiger partial charge in [0.05, 0.1) is 43.2 Å². The average molecular weight is 1430 g/mol. The highest BCUT2D eigenvalue weighted by Crippen LogP contribution is 2.33. The van der Waals surface area contributed by atoms with Gasteiger partial charge in [0, 0.05) is 129 Å². The second-order valence-corrected chi connectivity index (χ2v) is 27.3. The zero-order chi connectivity index (χ0) is 74.4. The van der Waals surface area contributed by atoms with Gasteiger partial charge in [0.25, 0.3) is 0 Å². The number of aliphatic imine (C=N–C) groups is 1. The number of fused-ring (bicyclic) bond motifs is 30. The van der Waals surface area contributed by atoms with Crippen molar-refractivity contribution < 1.29 is 71.4 Å². The number of aromatic amines is 2. The van der Waals surface area contributed by atoms with E-state index in [0.29, 0.717) is 92.6 Å². The summed E-state index contributed by atoms with van der Waals surface area (Å²) < 4.78 is 36.5. The van der Waals surface area contributed by atoms with Crippen molar-refractivity contribution in [3.63, 3.8) is 0 Å². The van der Waals surface area contributed by atoms with Gasteiger partial charge in [-0.3, -0.25) is 57.7 Å². The normalized spacial score (nSPS) is 23.4. The molecule has 12 N–H and O–H groups in total. The molecule has 7 heterocycles. The van der Waals surface area contributed by atoms with Gasteiger partial charge in [0.2, 0.25) is 41.4 Å². The highest BCUT2D eigenvalue weighted by atomic mass is 19.1. The quantitative estimate of drug-likeness (QED) is 0.0561. The van der Waals surface area contributed by atoms with Gasteiger partial charge in [0.15, 0.2) is 11.6 Å². The van der Waals surface area contributed by atoms with Crippen molar-refractivity contribution in [2.24, 2.45) is 34.2 Å². The highest BCUT2D eigenvalue weighted by molar-refractivity contribution is 6.01. The summed E-state index contributed by atoms with van der Waals surface area (Å²) in [5.41, 5.74) is 14.5. The molecule has 7 amide bonds. The molecule has 4 aromatic carbocycles. The molecule has 3 aromatic heterocycles. The van der Waals surface area contributed by atoms with E-state index in [1.54, 1.807) is 67.9 Å². The molecular weight excluding hydrogens is 1340 g/mol. The fraction of sp³-hybridized carbons (Fsp3) is 0.413. The number of amides is 7. The third-order valence-electron chi connectivity index (χ3n) is 19.7. The van der Waals surface area contributed by atoms with Crippen LogP contribution < -0.4 is 42.8 Å². The highest BCUT2D eigenvalue weighted by Gasteiger charge is 2.49. The topological polar surface area (TPSA) is 407 Å². The average Bonchev–Trinajstić information content (AvgIpc) is 1.52. The van der Waals surface area contributed by atoms with Crippen molar-refractivity contribution in [3.8, 4) is 11.4 Å². The number of rotatable bonds is 16. The maximum Gasteiger partial charge on any atom is 0.305 e. The van der Waals surface area contributed by atoms with Crippen LogP contribution in [0.2, 0.25) is 0 Å². The van der Waals surface area contributed by atoms with Crippen LogP contribution in [0.15, 0.2) is 120 Å². The number of aryl methyl sites for hydroxylation is 1. The third kappa shape index (κ3) is 19.1. The molecule has 0 radical (unpaired) electrons. The summed E-state index contributed by atoms with van der Waals surface area (Å²) in [6, 6.07) is 13.9. The van der Waals surface area contributed by atoms with Crippen LogP contribution >= 0.6 is 0 Å². The molecule has 1 saturated heterocycles. The first-order chi connectivity index (χ1) is 49.8. The van der Waals surface area contributed by atoms with Crippen LogP contribution in [0, 0.1) is 29.4 Å². The van der Waals surface area contributed by atoms with Crippen molar-refractivity contribution in [1.29, 1.82) is 0 Å². The number of hydrogen-bond acceptors (Lipinski definition) is 16. The van der Waals surface area contributed by atoms with E-state index in [1.165, 1.54) is 78.6 Å². The number of aromatic nitrogens is 5. The third-order valence-corrected chi connectivity index (χ3v) is 19.7. The fourth-order valence-electron chi connectivity index (χ4n) is 13.7. The standard InChI is InChI=1S/C75H86F2N14O13/c1-42-69(98)84-61(32-50-40-81-59-21-13-51(76)35-58(50)59)65(93)34-48(30-49-39-82-60-36-52(77)12-20-57(49)60)72(101)85-62(37-67(95)96)66(94)33-47(27-45-22-25-80-38-45)71(100)86-64(29-44-10-18-56(104-3)19-11-44)73(102)90-26-6-23-75(90,2)74(103)87-63(68(79)97)28-43-8-15-54(16-9-43)91-41-53(88-89-91)14-17-55(92)31-46(70(99)83-42)7-4-5-24-78/h8-13,15-16,18-21,25,35-36,38-42,46-48,61-64,81-82H,4-7,14,17,22-24,26-34,37,78H2,1-3H3,(H2,79,97)(H,83,99)(H,84,98)(H,85,101)(H,86,100)(H,87,103)(H,95,96)/t42-,46-,47-,48-,61+,62+,63+,64+,75+/m1/s1. The monoisotopic (exact) mass is 1430 g/mol. The summed E-state index contributed by atoms with van der Waals surface area (Å²) >= 11 is 0. The number of carboxylic acids is 1. The molecule has 4 aliphatic rings. The molecule has 11 rings (SSSR count). The summed E-state index contributed by atoms with van der Waals surface area (Å²) in [6.45, 7) is 3.28. The number of benzene rings is 4. The predicted molar refractivity (Wildman–Crippen MR) is 378 cm³/mol. The predicted octanol–water partition coefficient (Wildman–Crippen LogP) is 5.12. The smallest absolute Gasteiger partial charge is 0.305 e. The van der Waals surface area contributed by atoms with Crippen LogP contribution in [-0.4, -0.2) is 162 Å². The number of allylic oxidation sites excluding steroid dienone is 1. The number of nitrogens with one attached hydrogen (secondary N) is 7. The molecule has 9 atom stereocenters. The van der Waals surface area contributed by atoms with Gasteiger partial charge in [-0.15, -0.1) is 5.10 Å². The van der Waals surface area contributed by atoms with Crippen molar-refractivity contribution in [3.05, 3.63) is 155 Å². The first-order valence-corrected chi connectivity index (χ1v) is 34.8. The van der Waals surface area contributed by atoms with Gasteiger partial charge in [0.1, 0.15) is 46.8 Å². The van der Waals surface area contributed by atoms with Gasteiger partial charge in [-0.2, -0.15) is 0 Å². The fourth-order valence-corrected chi connectivity index (χ4v) is 13.7. The molecule has 0 spiro atoms. The van der Waals surface area contributed by atoms with E-state index < -0.39 is 143 Å². The molecule has 0 unspecified atom stereocenters. The number of Topliss-reactive ketones (excluding diaryl/α,β-unsaturated/α-hetero) is 3. The number of unbranched alkanes of at least 4 members (excludes halogenated alkanes) is 1. The zero-order valence-corrected chi connectivity index (χ0v) is 58.0. The number of carboxylic acid groups (broad SMARTS) is 1. The van der Waals surface area contributed by atoms with Crippen molar-refractivity contribution >= 4 is 92.7 Å². The molecule has 4 bridgehead atoms. The van der Waals surface area contributed by atoms with Crippen molar-refractivity contribution in [2.75, 3.05) is 20.2 Å². The number of carbonyl (C=O) groups excluding carboxylic acids is 10. The summed E-state index contributed by atoms with van der Waals surface area (Å²) in [7, 11) is 1.48. The second-order valence-electron chi connectivity index (χ2n) is 27.3. The number of nitrogens with two attached hydrogens (primary N) is 2. The first-order valence-electron chi connectivity index (χ1n) is 34.8. The van der Waals surface area contributed by atoms with Crippen LogP contribution in [0.3, 0.4) is 0 Å². The van der Waals surface area contributed by atoms with Gasteiger partial charge in [-0.1, -0.05) is 35.9 Å². The maximum absolute atomic E-state index is 15.4. The Morgan fingerprint density at radius 3 is 2.05 bits per heavy atom. The minimum absolute atomic E-state index is 0.0362. The maximum atomic E-state index is 15.4. The Morgan fingerprint density at radius 2 is 1.36 bits per heavy atom. The van der Waals surface area contributed by atoms with E-state index in [-0.39, 0.29) is 83.0 Å². The number of carbonyl (C=O) groups is 11. The zero-order valence-electron chi connectivity index (χ0n) is 58.0. The van der Waals surface area contributed by atoms with Crippen LogP contribution in [0.4, 0.5) is 8.78 Å². The van der Waals surface area contributed by atoms with E-state index in [9.17, 15) is 42.7 Å². The summed E-state index contributed by atoms with van der Waals surface area (Å²) in [5.74, 6) is -13.6.